The number of carboxylic acids is 1. The zero-order valence-corrected chi connectivity index (χ0v) is 11.4. The molecule has 0 bridgehead atoms. The van der Waals surface area contributed by atoms with Crippen LogP contribution in [0.15, 0.2) is 29.2 Å². The van der Waals surface area contributed by atoms with Crippen LogP contribution in [-0.2, 0) is 26.2 Å². The van der Waals surface area contributed by atoms with Gasteiger partial charge in [0.15, 0.2) is 0 Å². The van der Waals surface area contributed by atoms with Crippen molar-refractivity contribution in [3.05, 3.63) is 29.8 Å². The molecule has 0 heterocycles. The molecule has 122 valence electrons. The van der Waals surface area contributed by atoms with Gasteiger partial charge in [-0.1, -0.05) is 12.1 Å². The van der Waals surface area contributed by atoms with Crippen LogP contribution < -0.4 is 5.32 Å². The van der Waals surface area contributed by atoms with Crippen LogP contribution in [0.25, 0.3) is 0 Å². The van der Waals surface area contributed by atoms with E-state index in [9.17, 15) is 35.1 Å². The third-order valence-corrected chi connectivity index (χ3v) is 3.34. The third kappa shape index (κ3) is 4.98. The lowest BCUT2D eigenvalue weighted by atomic mass is 10.1. The van der Waals surface area contributed by atoms with E-state index < -0.39 is 45.6 Å². The molecule has 22 heavy (non-hydrogen) atoms. The second kappa shape index (κ2) is 6.30. The zero-order chi connectivity index (χ0) is 17.1. The van der Waals surface area contributed by atoms with Gasteiger partial charge in [-0.05, 0) is 17.7 Å². The van der Waals surface area contributed by atoms with Gasteiger partial charge in [0.25, 0.3) is 0 Å². The molecule has 1 rings (SSSR count). The molecule has 1 aromatic rings. The summed E-state index contributed by atoms with van der Waals surface area (Å²) in [4.78, 5) is 20.9. The number of benzene rings is 1. The van der Waals surface area contributed by atoms with Gasteiger partial charge in [-0.2, -0.15) is 21.6 Å². The van der Waals surface area contributed by atoms with Crippen LogP contribution in [0.4, 0.5) is 17.1 Å². The summed E-state index contributed by atoms with van der Waals surface area (Å²) in [6.07, 6.45) is -5.77. The zero-order valence-electron chi connectivity index (χ0n) is 10.6. The van der Waals surface area contributed by atoms with Crippen molar-refractivity contribution in [2.75, 3.05) is 0 Å². The Balaban J connectivity index is 2.89. The summed E-state index contributed by atoms with van der Waals surface area (Å²) >= 11 is 0. The summed E-state index contributed by atoms with van der Waals surface area (Å²) in [5, 5.41) is 10.1. The Morgan fingerprint density at radius 3 is 2.05 bits per heavy atom. The topological polar surface area (TPSA) is 101 Å². The fourth-order valence-corrected chi connectivity index (χ4v) is 1.93. The molecular weight excluding hydrogens is 334 g/mol. The van der Waals surface area contributed by atoms with Crippen LogP contribution in [0.5, 0.6) is 0 Å². The Bertz CT molecular complexity index is 669. The lowest BCUT2D eigenvalue weighted by Gasteiger charge is -2.15. The Kier molecular flexibility index (Phi) is 5.12. The molecular formula is C11H9F4NO5S. The number of carbonyl (C=O) groups is 2. The second-order valence-corrected chi connectivity index (χ2v) is 5.50. The average Bonchev–Trinajstić information content (AvgIpc) is 2.36. The van der Waals surface area contributed by atoms with E-state index in [0.717, 1.165) is 24.3 Å². The molecule has 1 amide bonds. The van der Waals surface area contributed by atoms with Crippen molar-refractivity contribution in [2.45, 2.75) is 23.5 Å². The molecule has 0 aromatic heterocycles. The smallest absolute Gasteiger partial charge is 0.471 e. The van der Waals surface area contributed by atoms with Gasteiger partial charge >= 0.3 is 28.3 Å². The Morgan fingerprint density at radius 1 is 1.18 bits per heavy atom. The third-order valence-electron chi connectivity index (χ3n) is 2.51. The van der Waals surface area contributed by atoms with E-state index in [2.05, 4.69) is 0 Å². The number of nitrogens with one attached hydrogen (secondary N) is 1. The second-order valence-electron chi connectivity index (χ2n) is 4.15. The first-order chi connectivity index (χ1) is 9.91. The minimum absolute atomic E-state index is 0.0993. The summed E-state index contributed by atoms with van der Waals surface area (Å²) < 4.78 is 70.1. The molecule has 0 aliphatic carbocycles. The number of hydrogen-bond donors (Lipinski definition) is 2. The van der Waals surface area contributed by atoms with E-state index in [4.69, 9.17) is 5.11 Å². The van der Waals surface area contributed by atoms with Crippen molar-refractivity contribution in [1.82, 2.24) is 5.32 Å². The molecule has 6 nitrogen and oxygen atoms in total. The summed E-state index contributed by atoms with van der Waals surface area (Å²) in [5.74, 6) is -4.12. The molecule has 0 radical (unpaired) electrons. The Hall–Kier alpha value is -2.17. The number of halogens is 4. The summed E-state index contributed by atoms with van der Waals surface area (Å²) in [6, 6.07) is 1.84. The summed E-state index contributed by atoms with van der Waals surface area (Å²) in [7, 11) is -4.94. The number of amides is 1. The molecule has 11 heteroatoms. The van der Waals surface area contributed by atoms with Gasteiger partial charge in [0, 0.05) is 6.42 Å². The van der Waals surface area contributed by atoms with Crippen molar-refractivity contribution in [2.24, 2.45) is 0 Å². The van der Waals surface area contributed by atoms with Gasteiger partial charge < -0.3 is 10.4 Å². The fourth-order valence-electron chi connectivity index (χ4n) is 1.46. The largest absolute Gasteiger partial charge is 0.480 e. The molecule has 0 aliphatic rings. The normalized spacial score (nSPS) is 13.5. The molecule has 2 N–H and O–H groups in total. The van der Waals surface area contributed by atoms with Gasteiger partial charge in [0.05, 0.1) is 4.90 Å². The van der Waals surface area contributed by atoms with Crippen LogP contribution >= 0.6 is 0 Å². The monoisotopic (exact) mass is 343 g/mol. The SMILES string of the molecule is O=C(O)[C@H](Cc1ccc(S(=O)(=O)F)cc1)NC(=O)C(F)(F)F. The predicted molar refractivity (Wildman–Crippen MR) is 64.1 cm³/mol. The molecule has 1 aromatic carbocycles. The summed E-state index contributed by atoms with van der Waals surface area (Å²) in [5.41, 5.74) is 0.0993. The average molecular weight is 343 g/mol. The lowest BCUT2D eigenvalue weighted by molar-refractivity contribution is -0.175. The highest BCUT2D eigenvalue weighted by Crippen LogP contribution is 2.16. The van der Waals surface area contributed by atoms with Gasteiger partial charge in [-0.15, -0.1) is 3.89 Å². The predicted octanol–water partition coefficient (Wildman–Crippen LogP) is 1.02. The van der Waals surface area contributed by atoms with E-state index in [1.165, 1.54) is 5.32 Å². The Labute approximate surface area is 122 Å². The highest BCUT2D eigenvalue weighted by atomic mass is 32.3. The maximum Gasteiger partial charge on any atom is 0.471 e. The van der Waals surface area contributed by atoms with E-state index >= 15 is 0 Å². The van der Waals surface area contributed by atoms with Crippen molar-refractivity contribution in [1.29, 1.82) is 0 Å². The number of rotatable bonds is 5. The molecule has 0 unspecified atom stereocenters. The molecule has 0 spiro atoms. The molecule has 0 fully saturated rings. The van der Waals surface area contributed by atoms with Crippen molar-refractivity contribution < 1.29 is 40.2 Å². The van der Waals surface area contributed by atoms with Crippen LogP contribution in [0, 0.1) is 0 Å². The number of aliphatic carboxylic acids is 1. The molecule has 0 saturated carbocycles. The standard InChI is InChI=1S/C11H9F4NO5S/c12-11(13,14)10(19)16-8(9(17)18)5-6-1-3-7(4-2-6)22(15,20)21/h1-4,8H,5H2,(H,16,19)(H,17,18)/t8-/m0/s1. The highest BCUT2D eigenvalue weighted by Gasteiger charge is 2.40. The van der Waals surface area contributed by atoms with E-state index in [1.807, 2.05) is 0 Å². The van der Waals surface area contributed by atoms with E-state index in [1.54, 1.807) is 0 Å². The first-order valence-corrected chi connectivity index (χ1v) is 6.93. The minimum atomic E-state index is -5.24. The van der Waals surface area contributed by atoms with E-state index in [-0.39, 0.29) is 5.56 Å². The highest BCUT2D eigenvalue weighted by molar-refractivity contribution is 7.86. The van der Waals surface area contributed by atoms with Crippen LogP contribution in [0.1, 0.15) is 5.56 Å². The maximum atomic E-state index is 12.6. The van der Waals surface area contributed by atoms with Gasteiger partial charge in [-0.3, -0.25) is 4.79 Å². The van der Waals surface area contributed by atoms with Crippen LogP contribution in [-0.4, -0.2) is 37.6 Å². The number of carboxylic acid groups (broad SMARTS) is 1. The quantitative estimate of drug-likeness (QED) is 0.614. The number of carbonyl (C=O) groups excluding carboxylic acids is 1. The van der Waals surface area contributed by atoms with Crippen molar-refractivity contribution in [3.8, 4) is 0 Å². The van der Waals surface area contributed by atoms with Gasteiger partial charge in [-0.25, -0.2) is 4.79 Å². The number of alkyl halides is 3. The molecule has 0 aliphatic heterocycles. The van der Waals surface area contributed by atoms with Crippen molar-refractivity contribution in [3.63, 3.8) is 0 Å². The first-order valence-electron chi connectivity index (χ1n) is 5.55. The number of hydrogen-bond acceptors (Lipinski definition) is 4. The maximum absolute atomic E-state index is 12.6. The molecule has 1 atom stereocenters. The Morgan fingerprint density at radius 2 is 1.68 bits per heavy atom. The molecule has 0 saturated heterocycles. The van der Waals surface area contributed by atoms with Crippen molar-refractivity contribution >= 4 is 22.1 Å². The lowest BCUT2D eigenvalue weighted by Crippen LogP contribution is -2.47. The minimum Gasteiger partial charge on any atom is -0.480 e. The fraction of sp³-hybridized carbons (Fsp3) is 0.273. The van der Waals surface area contributed by atoms with E-state index in [0.29, 0.717) is 0 Å². The summed E-state index contributed by atoms with van der Waals surface area (Å²) in [6.45, 7) is 0. The van der Waals surface area contributed by atoms with Crippen LogP contribution in [0.3, 0.4) is 0 Å². The van der Waals surface area contributed by atoms with Crippen LogP contribution in [0.2, 0.25) is 0 Å². The van der Waals surface area contributed by atoms with Gasteiger partial charge in [0.1, 0.15) is 6.04 Å². The first kappa shape index (κ1) is 17.9. The van der Waals surface area contributed by atoms with Gasteiger partial charge in [0.2, 0.25) is 0 Å².